The normalized spacial score (nSPS) is 15.0. The fourth-order valence-electron chi connectivity index (χ4n) is 2.82. The largest absolute Gasteiger partial charge is 0.508 e. The van der Waals surface area contributed by atoms with Gasteiger partial charge in [0.1, 0.15) is 5.75 Å². The van der Waals surface area contributed by atoms with Gasteiger partial charge in [-0.25, -0.2) is 4.99 Å². The van der Waals surface area contributed by atoms with E-state index >= 15 is 0 Å². The lowest BCUT2D eigenvalue weighted by molar-refractivity contribution is 0.416. The highest BCUT2D eigenvalue weighted by Crippen LogP contribution is 2.34. The van der Waals surface area contributed by atoms with E-state index in [-0.39, 0.29) is 11.6 Å². The Hall–Kier alpha value is -3.12. The third kappa shape index (κ3) is 2.95. The van der Waals surface area contributed by atoms with Gasteiger partial charge < -0.3 is 10.2 Å². The van der Waals surface area contributed by atoms with Crippen LogP contribution in [0.3, 0.4) is 0 Å². The number of nitrogens with zero attached hydrogens (tertiary/aromatic N) is 3. The first-order valence-corrected chi connectivity index (χ1v) is 9.09. The molecule has 4 rings (SSSR count). The fraction of sp³-hybridized carbons (Fsp3) is 0.100. The minimum Gasteiger partial charge on any atom is -0.508 e. The van der Waals surface area contributed by atoms with Crippen LogP contribution < -0.4 is 4.80 Å². The Labute approximate surface area is 154 Å². The Morgan fingerprint density at radius 2 is 1.88 bits per heavy atom. The highest BCUT2D eigenvalue weighted by atomic mass is 32.1. The van der Waals surface area contributed by atoms with Crippen LogP contribution in [0, 0.1) is 0 Å². The van der Waals surface area contributed by atoms with Crippen LogP contribution in [-0.4, -0.2) is 21.0 Å². The van der Waals surface area contributed by atoms with Crippen LogP contribution in [0.2, 0.25) is 0 Å². The van der Waals surface area contributed by atoms with Gasteiger partial charge in [0, 0.05) is 23.9 Å². The lowest BCUT2D eigenvalue weighted by Gasteiger charge is -2.01. The molecule has 2 heterocycles. The molecule has 0 saturated heterocycles. The highest BCUT2D eigenvalue weighted by molar-refractivity contribution is 7.10. The van der Waals surface area contributed by atoms with Gasteiger partial charge in [0.05, 0.1) is 16.3 Å². The maximum Gasteiger partial charge on any atom is 0.211 e. The van der Waals surface area contributed by atoms with Gasteiger partial charge in [-0.3, -0.25) is 9.56 Å². The van der Waals surface area contributed by atoms with Crippen LogP contribution in [0.5, 0.6) is 11.6 Å². The maximum atomic E-state index is 10.6. The second kappa shape index (κ2) is 6.65. The first-order valence-electron chi connectivity index (χ1n) is 8.27. The van der Waals surface area contributed by atoms with Crippen molar-refractivity contribution in [2.24, 2.45) is 9.98 Å². The molecule has 0 aliphatic carbocycles. The topological polar surface area (TPSA) is 70.1 Å². The van der Waals surface area contributed by atoms with E-state index in [0.29, 0.717) is 11.3 Å². The van der Waals surface area contributed by atoms with Gasteiger partial charge >= 0.3 is 0 Å². The van der Waals surface area contributed by atoms with Gasteiger partial charge in [-0.1, -0.05) is 29.5 Å². The molecule has 2 aromatic carbocycles. The summed E-state index contributed by atoms with van der Waals surface area (Å²) in [5.41, 5.74) is 3.68. The quantitative estimate of drug-likeness (QED) is 0.721. The van der Waals surface area contributed by atoms with Gasteiger partial charge in [0.25, 0.3) is 0 Å². The number of hydrogen-bond acceptors (Lipinski definition) is 5. The van der Waals surface area contributed by atoms with Crippen molar-refractivity contribution in [3.05, 3.63) is 63.8 Å². The summed E-state index contributed by atoms with van der Waals surface area (Å²) in [7, 11) is 0. The number of phenolic OH excluding ortho intramolecular Hbond substituents is 1. The first-order chi connectivity index (χ1) is 12.7. The van der Waals surface area contributed by atoms with Crippen LogP contribution in [0.1, 0.15) is 17.4 Å². The Morgan fingerprint density at radius 3 is 2.65 bits per heavy atom. The van der Waals surface area contributed by atoms with Crippen molar-refractivity contribution >= 4 is 40.6 Å². The van der Waals surface area contributed by atoms with Crippen molar-refractivity contribution < 1.29 is 10.2 Å². The molecule has 1 aromatic heterocycles. The minimum absolute atomic E-state index is 0.195. The third-order valence-electron chi connectivity index (χ3n) is 4.14. The molecule has 130 valence electrons. The van der Waals surface area contributed by atoms with Crippen LogP contribution in [0.15, 0.2) is 58.5 Å². The molecular weight excluding hydrogens is 346 g/mol. The smallest absolute Gasteiger partial charge is 0.211 e. The van der Waals surface area contributed by atoms with E-state index in [1.54, 1.807) is 28.8 Å². The Morgan fingerprint density at radius 1 is 1.12 bits per heavy atom. The zero-order chi connectivity index (χ0) is 18.1. The van der Waals surface area contributed by atoms with Crippen LogP contribution in [0.4, 0.5) is 11.4 Å². The molecule has 5 nitrogen and oxygen atoms in total. The van der Waals surface area contributed by atoms with Crippen LogP contribution in [0.25, 0.3) is 11.6 Å². The Bertz CT molecular complexity index is 1090. The molecule has 0 unspecified atom stereocenters. The standard InChI is InChI=1S/C20H17N3O2S/c1-2-23-19(25)18(11-13-12-21-17-6-4-3-5-16(13)17)26-20(23)22-14-7-9-15(24)10-8-14/h3-12,24-25H,2H2,1H3/b13-11+,22-20?. The van der Waals surface area contributed by atoms with Gasteiger partial charge in [-0.15, -0.1) is 0 Å². The minimum atomic E-state index is 0.195. The van der Waals surface area contributed by atoms with E-state index in [0.717, 1.165) is 27.4 Å². The van der Waals surface area contributed by atoms with E-state index in [2.05, 4.69) is 9.98 Å². The number of phenols is 1. The number of rotatable bonds is 3. The number of para-hydroxylation sites is 1. The van der Waals surface area contributed by atoms with Gasteiger partial charge in [0.2, 0.25) is 5.88 Å². The van der Waals surface area contributed by atoms with E-state index in [9.17, 15) is 10.2 Å². The number of thiazole rings is 1. The third-order valence-corrected chi connectivity index (χ3v) is 5.16. The monoisotopic (exact) mass is 363 g/mol. The van der Waals surface area contributed by atoms with Gasteiger partial charge in [0.15, 0.2) is 4.80 Å². The number of benzene rings is 2. The molecule has 0 saturated carbocycles. The summed E-state index contributed by atoms with van der Waals surface area (Å²) < 4.78 is 1.77. The van der Waals surface area contributed by atoms with Crippen molar-refractivity contribution in [1.82, 2.24) is 4.57 Å². The summed E-state index contributed by atoms with van der Waals surface area (Å²) in [6, 6.07) is 14.6. The van der Waals surface area contributed by atoms with Crippen LogP contribution in [-0.2, 0) is 6.54 Å². The second-order valence-corrected chi connectivity index (χ2v) is 6.83. The van der Waals surface area contributed by atoms with E-state index < -0.39 is 0 Å². The highest BCUT2D eigenvalue weighted by Gasteiger charge is 2.15. The van der Waals surface area contributed by atoms with Crippen LogP contribution >= 0.6 is 11.3 Å². The lowest BCUT2D eigenvalue weighted by atomic mass is 10.1. The maximum absolute atomic E-state index is 10.6. The molecule has 26 heavy (non-hydrogen) atoms. The summed E-state index contributed by atoms with van der Waals surface area (Å²) in [6.45, 7) is 2.57. The summed E-state index contributed by atoms with van der Waals surface area (Å²) in [5, 5.41) is 20.0. The summed E-state index contributed by atoms with van der Waals surface area (Å²) >= 11 is 1.42. The molecule has 6 heteroatoms. The predicted octanol–water partition coefficient (Wildman–Crippen LogP) is 4.47. The van der Waals surface area contributed by atoms with Crippen molar-refractivity contribution in [2.75, 3.05) is 0 Å². The van der Waals surface area contributed by atoms with Crippen molar-refractivity contribution in [3.8, 4) is 11.6 Å². The zero-order valence-corrected chi connectivity index (χ0v) is 14.9. The van der Waals surface area contributed by atoms with Crippen molar-refractivity contribution in [2.45, 2.75) is 13.5 Å². The average molecular weight is 363 g/mol. The fourth-order valence-corrected chi connectivity index (χ4v) is 3.88. The molecule has 2 N–H and O–H groups in total. The number of aromatic nitrogens is 1. The average Bonchev–Trinajstić information content (AvgIpc) is 3.19. The zero-order valence-electron chi connectivity index (χ0n) is 14.1. The summed E-state index contributed by atoms with van der Waals surface area (Å²) in [5.74, 6) is 0.395. The van der Waals surface area contributed by atoms with E-state index in [1.165, 1.54) is 11.3 Å². The predicted molar refractivity (Wildman–Crippen MR) is 105 cm³/mol. The number of allylic oxidation sites excluding steroid dienone is 1. The van der Waals surface area contributed by atoms with Gasteiger partial charge in [-0.2, -0.15) is 0 Å². The molecule has 0 spiro atoms. The second-order valence-electron chi connectivity index (χ2n) is 5.82. The Balaban J connectivity index is 1.80. The molecule has 3 aromatic rings. The molecule has 0 fully saturated rings. The lowest BCUT2D eigenvalue weighted by Crippen LogP contribution is -2.12. The molecule has 0 atom stereocenters. The molecule has 1 aliphatic heterocycles. The summed E-state index contributed by atoms with van der Waals surface area (Å²) in [4.78, 5) is 10.4. The number of aromatic hydroxyl groups is 2. The Kier molecular flexibility index (Phi) is 4.18. The van der Waals surface area contributed by atoms with E-state index in [1.807, 2.05) is 43.5 Å². The van der Waals surface area contributed by atoms with Crippen molar-refractivity contribution in [3.63, 3.8) is 0 Å². The molecular formula is C20H17N3O2S. The number of hydrogen-bond donors (Lipinski definition) is 2. The van der Waals surface area contributed by atoms with E-state index in [4.69, 9.17) is 0 Å². The number of fused-ring (bicyclic) bond motifs is 1. The molecule has 0 amide bonds. The number of aliphatic imine (C=N–C) groups is 1. The van der Waals surface area contributed by atoms with Crippen molar-refractivity contribution in [1.29, 1.82) is 0 Å². The molecule has 1 aliphatic rings. The SMILES string of the molecule is CCn1c(O)c(/C=C2\C=Nc3ccccc32)sc1=Nc1ccc(O)cc1. The molecule has 0 radical (unpaired) electrons. The van der Waals surface area contributed by atoms with Gasteiger partial charge in [-0.05, 0) is 43.3 Å². The first kappa shape index (κ1) is 16.4. The molecule has 0 bridgehead atoms. The summed E-state index contributed by atoms with van der Waals surface area (Å²) in [6.07, 6.45) is 3.76.